The van der Waals surface area contributed by atoms with E-state index in [4.69, 9.17) is 15.7 Å². The Bertz CT molecular complexity index is 862. The van der Waals surface area contributed by atoms with Gasteiger partial charge in [-0.25, -0.2) is 9.59 Å². The molecular weight excluding hydrogens is 348 g/mol. The molecule has 27 heavy (non-hydrogen) atoms. The topological polar surface area (TPSA) is 134 Å². The maximum Gasteiger partial charge on any atom is 0.329 e. The Hall–Kier alpha value is -3.86. The first-order valence-corrected chi connectivity index (χ1v) is 8.05. The van der Waals surface area contributed by atoms with Crippen LogP contribution in [0.2, 0.25) is 0 Å². The zero-order chi connectivity index (χ0) is 19.6. The van der Waals surface area contributed by atoms with E-state index in [1.165, 1.54) is 0 Å². The highest BCUT2D eigenvalue weighted by molar-refractivity contribution is 5.94. The fourth-order valence-corrected chi connectivity index (χ4v) is 2.33. The van der Waals surface area contributed by atoms with Crippen LogP contribution >= 0.6 is 0 Å². The van der Waals surface area contributed by atoms with Crippen molar-refractivity contribution in [3.05, 3.63) is 65.7 Å². The van der Waals surface area contributed by atoms with Gasteiger partial charge in [0.15, 0.2) is 6.61 Å². The van der Waals surface area contributed by atoms with E-state index in [1.54, 1.807) is 48.5 Å². The predicted octanol–water partition coefficient (Wildman–Crippen LogP) is 1.32. The number of nitrogens with two attached hydrogens (primary N) is 1. The molecule has 8 nitrogen and oxygen atoms in total. The van der Waals surface area contributed by atoms with Gasteiger partial charge in [-0.15, -0.1) is 0 Å². The summed E-state index contributed by atoms with van der Waals surface area (Å²) in [6.45, 7) is -0.565. The first-order chi connectivity index (χ1) is 13.0. The van der Waals surface area contributed by atoms with Crippen LogP contribution in [-0.4, -0.2) is 30.6 Å². The van der Waals surface area contributed by atoms with Gasteiger partial charge in [-0.05, 0) is 17.7 Å². The third kappa shape index (κ3) is 6.17. The third-order valence-electron chi connectivity index (χ3n) is 3.55. The summed E-state index contributed by atoms with van der Waals surface area (Å²) in [5.74, 6) is -1.40. The van der Waals surface area contributed by atoms with Gasteiger partial charge in [-0.1, -0.05) is 42.5 Å². The van der Waals surface area contributed by atoms with Crippen molar-refractivity contribution in [2.75, 3.05) is 11.9 Å². The summed E-state index contributed by atoms with van der Waals surface area (Å²) in [6.07, 6.45) is 0.168. The minimum absolute atomic E-state index is 0.168. The van der Waals surface area contributed by atoms with Crippen molar-refractivity contribution in [2.45, 2.75) is 12.5 Å². The number of anilines is 1. The monoisotopic (exact) mass is 366 g/mol. The molecule has 0 aliphatic carbocycles. The molecule has 0 unspecified atom stereocenters. The number of carbonyl (C=O) groups is 3. The summed E-state index contributed by atoms with van der Waals surface area (Å²) in [7, 11) is 0. The van der Waals surface area contributed by atoms with E-state index in [1.807, 2.05) is 12.1 Å². The number of primary amides is 1. The van der Waals surface area contributed by atoms with Crippen molar-refractivity contribution in [1.29, 1.82) is 5.26 Å². The molecule has 2 rings (SSSR count). The molecule has 0 saturated carbocycles. The number of carbonyl (C=O) groups excluding carboxylic acids is 3. The van der Waals surface area contributed by atoms with Crippen molar-refractivity contribution in [1.82, 2.24) is 5.32 Å². The van der Waals surface area contributed by atoms with Crippen LogP contribution in [0.1, 0.15) is 11.1 Å². The lowest BCUT2D eigenvalue weighted by atomic mass is 10.1. The highest BCUT2D eigenvalue weighted by Crippen LogP contribution is 2.13. The zero-order valence-corrected chi connectivity index (χ0v) is 14.3. The Kier molecular flexibility index (Phi) is 6.91. The number of rotatable bonds is 7. The van der Waals surface area contributed by atoms with Crippen molar-refractivity contribution < 1.29 is 19.1 Å². The number of ether oxygens (including phenoxy) is 1. The molecule has 0 bridgehead atoms. The molecule has 0 aromatic heterocycles. The van der Waals surface area contributed by atoms with Gasteiger partial charge in [0.1, 0.15) is 12.1 Å². The van der Waals surface area contributed by atoms with Crippen LogP contribution in [0.25, 0.3) is 0 Å². The fourth-order valence-electron chi connectivity index (χ4n) is 2.33. The molecule has 0 radical (unpaired) electrons. The van der Waals surface area contributed by atoms with Crippen LogP contribution in [0.5, 0.6) is 0 Å². The summed E-state index contributed by atoms with van der Waals surface area (Å²) in [6, 6.07) is 15.5. The Morgan fingerprint density at radius 1 is 1.07 bits per heavy atom. The Morgan fingerprint density at radius 2 is 1.74 bits per heavy atom. The second kappa shape index (κ2) is 9.58. The summed E-state index contributed by atoms with van der Waals surface area (Å²) < 4.78 is 4.98. The standard InChI is InChI=1S/C19H18N4O4/c20-11-14-8-4-5-9-15(14)22-17(24)12-27-18(25)16(23-19(21)26)10-13-6-2-1-3-7-13/h1-9,16H,10,12H2,(H,22,24)(H3,21,23,26)/t16-/m0/s1. The average Bonchev–Trinajstić information content (AvgIpc) is 2.66. The van der Waals surface area contributed by atoms with Crippen molar-refractivity contribution >= 4 is 23.6 Å². The van der Waals surface area contributed by atoms with E-state index >= 15 is 0 Å². The molecule has 0 aliphatic heterocycles. The van der Waals surface area contributed by atoms with Gasteiger partial charge in [0.2, 0.25) is 0 Å². The highest BCUT2D eigenvalue weighted by Gasteiger charge is 2.23. The molecular formula is C19H18N4O4. The Labute approximate surface area is 155 Å². The fraction of sp³-hybridized carbons (Fsp3) is 0.158. The highest BCUT2D eigenvalue weighted by atomic mass is 16.5. The maximum absolute atomic E-state index is 12.2. The van der Waals surface area contributed by atoms with E-state index in [9.17, 15) is 14.4 Å². The van der Waals surface area contributed by atoms with E-state index < -0.39 is 30.6 Å². The summed E-state index contributed by atoms with van der Waals surface area (Å²) in [4.78, 5) is 35.4. The molecule has 138 valence electrons. The van der Waals surface area contributed by atoms with Crippen LogP contribution in [-0.2, 0) is 20.7 Å². The lowest BCUT2D eigenvalue weighted by Gasteiger charge is -2.16. The van der Waals surface area contributed by atoms with Crippen molar-refractivity contribution in [2.24, 2.45) is 5.73 Å². The van der Waals surface area contributed by atoms with Crippen LogP contribution < -0.4 is 16.4 Å². The summed E-state index contributed by atoms with van der Waals surface area (Å²) in [5, 5.41) is 13.8. The smallest absolute Gasteiger partial charge is 0.329 e. The number of benzene rings is 2. The number of hydrogen-bond donors (Lipinski definition) is 3. The lowest BCUT2D eigenvalue weighted by molar-refractivity contribution is -0.149. The SMILES string of the molecule is N#Cc1ccccc1NC(=O)COC(=O)[C@H](Cc1ccccc1)NC(N)=O. The molecule has 0 heterocycles. The second-order valence-electron chi connectivity index (χ2n) is 5.56. The molecule has 0 aliphatic rings. The largest absolute Gasteiger partial charge is 0.454 e. The quantitative estimate of drug-likeness (QED) is 0.635. The molecule has 1 atom stereocenters. The van der Waals surface area contributed by atoms with Crippen molar-refractivity contribution in [3.63, 3.8) is 0 Å². The maximum atomic E-state index is 12.2. The van der Waals surface area contributed by atoms with Crippen LogP contribution in [0.4, 0.5) is 10.5 Å². The molecule has 3 amide bonds. The van der Waals surface area contributed by atoms with Crippen molar-refractivity contribution in [3.8, 4) is 6.07 Å². The molecule has 4 N–H and O–H groups in total. The van der Waals surface area contributed by atoms with Gasteiger partial charge in [-0.3, -0.25) is 4.79 Å². The average molecular weight is 366 g/mol. The van der Waals surface area contributed by atoms with E-state index in [2.05, 4.69) is 10.6 Å². The number of nitrogens with one attached hydrogen (secondary N) is 2. The predicted molar refractivity (Wildman–Crippen MR) is 97.4 cm³/mol. The number of esters is 1. The number of urea groups is 1. The lowest BCUT2D eigenvalue weighted by Crippen LogP contribution is -2.46. The van der Waals surface area contributed by atoms with Crippen LogP contribution in [0.15, 0.2) is 54.6 Å². The molecule has 8 heteroatoms. The number of nitrogens with zero attached hydrogens (tertiary/aromatic N) is 1. The van der Waals surface area contributed by atoms with E-state index in [-0.39, 0.29) is 12.0 Å². The second-order valence-corrected chi connectivity index (χ2v) is 5.56. The van der Waals surface area contributed by atoms with E-state index in [0.717, 1.165) is 5.56 Å². The molecule has 0 saturated heterocycles. The van der Waals surface area contributed by atoms with E-state index in [0.29, 0.717) is 5.69 Å². The minimum Gasteiger partial charge on any atom is -0.454 e. The van der Waals surface area contributed by atoms with Gasteiger partial charge < -0.3 is 21.1 Å². The van der Waals surface area contributed by atoms with Gasteiger partial charge in [0.05, 0.1) is 11.3 Å². The van der Waals surface area contributed by atoms with Gasteiger partial charge in [0.25, 0.3) is 5.91 Å². The Balaban J connectivity index is 1.95. The molecule has 2 aromatic rings. The third-order valence-corrected chi connectivity index (χ3v) is 3.55. The Morgan fingerprint density at radius 3 is 2.41 bits per heavy atom. The van der Waals surface area contributed by atoms with Gasteiger partial charge in [-0.2, -0.15) is 5.26 Å². The zero-order valence-electron chi connectivity index (χ0n) is 14.3. The van der Waals surface area contributed by atoms with Gasteiger partial charge >= 0.3 is 12.0 Å². The first kappa shape index (κ1) is 19.5. The number of nitriles is 1. The minimum atomic E-state index is -1.02. The van der Waals surface area contributed by atoms with Crippen LogP contribution in [0, 0.1) is 11.3 Å². The van der Waals surface area contributed by atoms with Crippen LogP contribution in [0.3, 0.4) is 0 Å². The molecule has 0 spiro atoms. The number of hydrogen-bond acceptors (Lipinski definition) is 5. The molecule has 2 aromatic carbocycles. The molecule has 0 fully saturated rings. The normalized spacial score (nSPS) is 10.9. The van der Waals surface area contributed by atoms with Gasteiger partial charge in [0, 0.05) is 6.42 Å². The number of amides is 3. The first-order valence-electron chi connectivity index (χ1n) is 8.05. The summed E-state index contributed by atoms with van der Waals surface area (Å²) in [5.41, 5.74) is 6.50. The number of para-hydroxylation sites is 1. The summed E-state index contributed by atoms with van der Waals surface area (Å²) >= 11 is 0.